The van der Waals surface area contributed by atoms with Crippen molar-refractivity contribution in [3.63, 3.8) is 0 Å². The molecule has 0 spiro atoms. The highest BCUT2D eigenvalue weighted by Crippen LogP contribution is 2.21. The lowest BCUT2D eigenvalue weighted by Gasteiger charge is -2.26. The third-order valence-electron chi connectivity index (χ3n) is 4.11. The van der Waals surface area contributed by atoms with Crippen LogP contribution in [0.3, 0.4) is 0 Å². The SMILES string of the molecule is NC1CCC(NC(=O)c2noc(C3CCCN3)n2)CC1. The number of nitrogens with zero attached hydrogens (tertiary/aromatic N) is 2. The molecule has 1 atom stereocenters. The van der Waals surface area contributed by atoms with Gasteiger partial charge in [-0.25, -0.2) is 0 Å². The van der Waals surface area contributed by atoms with E-state index in [4.69, 9.17) is 10.3 Å². The Morgan fingerprint density at radius 3 is 2.80 bits per heavy atom. The molecule has 1 aliphatic carbocycles. The summed E-state index contributed by atoms with van der Waals surface area (Å²) in [6.07, 6.45) is 5.81. The molecule has 2 heterocycles. The van der Waals surface area contributed by atoms with E-state index in [0.717, 1.165) is 45.1 Å². The van der Waals surface area contributed by atoms with Crippen LogP contribution in [-0.2, 0) is 0 Å². The Hall–Kier alpha value is -1.47. The summed E-state index contributed by atoms with van der Waals surface area (Å²) in [5.74, 6) is 0.389. The molecule has 110 valence electrons. The van der Waals surface area contributed by atoms with Crippen molar-refractivity contribution in [1.82, 2.24) is 20.8 Å². The maximum atomic E-state index is 12.1. The van der Waals surface area contributed by atoms with Crippen LogP contribution >= 0.6 is 0 Å². The summed E-state index contributed by atoms with van der Waals surface area (Å²) in [6, 6.07) is 0.541. The van der Waals surface area contributed by atoms with Crippen LogP contribution < -0.4 is 16.4 Å². The van der Waals surface area contributed by atoms with E-state index in [9.17, 15) is 4.79 Å². The highest BCUT2D eigenvalue weighted by atomic mass is 16.5. The molecule has 0 aromatic carbocycles. The van der Waals surface area contributed by atoms with E-state index >= 15 is 0 Å². The van der Waals surface area contributed by atoms with Crippen LogP contribution in [0.25, 0.3) is 0 Å². The third-order valence-corrected chi connectivity index (χ3v) is 4.11. The Labute approximate surface area is 117 Å². The second-order valence-electron chi connectivity index (χ2n) is 5.69. The first kappa shape index (κ1) is 13.5. The molecule has 1 saturated carbocycles. The molecule has 1 amide bonds. The number of hydrogen-bond donors (Lipinski definition) is 3. The van der Waals surface area contributed by atoms with E-state index < -0.39 is 0 Å². The summed E-state index contributed by atoms with van der Waals surface area (Å²) in [6.45, 7) is 0.955. The molecule has 4 N–H and O–H groups in total. The van der Waals surface area contributed by atoms with Crippen LogP contribution in [0, 0.1) is 0 Å². The van der Waals surface area contributed by atoms with E-state index in [0.29, 0.717) is 5.89 Å². The number of rotatable bonds is 3. The molecule has 0 radical (unpaired) electrons. The summed E-state index contributed by atoms with van der Waals surface area (Å²) in [5, 5.41) is 10.0. The Balaban J connectivity index is 1.57. The Bertz CT molecular complexity index is 461. The van der Waals surface area contributed by atoms with Crippen molar-refractivity contribution in [2.24, 2.45) is 5.73 Å². The standard InChI is InChI=1S/C13H21N5O2/c14-8-3-5-9(6-4-8)16-12(19)11-17-13(20-18-11)10-2-1-7-15-10/h8-10,15H,1-7,14H2,(H,16,19). The quantitative estimate of drug-likeness (QED) is 0.743. The summed E-state index contributed by atoms with van der Waals surface area (Å²) in [7, 11) is 0. The molecule has 2 aliphatic rings. The minimum absolute atomic E-state index is 0.0942. The molecule has 1 saturated heterocycles. The topological polar surface area (TPSA) is 106 Å². The summed E-state index contributed by atoms with van der Waals surface area (Å²) in [4.78, 5) is 16.3. The fraction of sp³-hybridized carbons (Fsp3) is 0.769. The van der Waals surface area contributed by atoms with Crippen LogP contribution in [0.4, 0.5) is 0 Å². The zero-order chi connectivity index (χ0) is 13.9. The summed E-state index contributed by atoms with van der Waals surface area (Å²) >= 11 is 0. The van der Waals surface area contributed by atoms with Crippen LogP contribution in [0.1, 0.15) is 61.1 Å². The highest BCUT2D eigenvalue weighted by molar-refractivity contribution is 5.90. The molecule has 1 aliphatic heterocycles. The molecule has 20 heavy (non-hydrogen) atoms. The van der Waals surface area contributed by atoms with Gasteiger partial charge in [0.15, 0.2) is 0 Å². The number of amides is 1. The lowest BCUT2D eigenvalue weighted by molar-refractivity contribution is 0.0912. The fourth-order valence-corrected chi connectivity index (χ4v) is 2.88. The van der Waals surface area contributed by atoms with Crippen molar-refractivity contribution in [3.8, 4) is 0 Å². The maximum Gasteiger partial charge on any atom is 0.292 e. The Kier molecular flexibility index (Phi) is 3.98. The van der Waals surface area contributed by atoms with Crippen LogP contribution in [0.5, 0.6) is 0 Å². The van der Waals surface area contributed by atoms with Crippen LogP contribution in [0.2, 0.25) is 0 Å². The predicted octanol–water partition coefficient (Wildman–Crippen LogP) is 0.494. The Morgan fingerprint density at radius 1 is 1.30 bits per heavy atom. The minimum Gasteiger partial charge on any atom is -0.346 e. The molecule has 1 aromatic rings. The number of nitrogens with one attached hydrogen (secondary N) is 2. The summed E-state index contributed by atoms with van der Waals surface area (Å²) < 4.78 is 5.17. The van der Waals surface area contributed by atoms with Crippen LogP contribution in [-0.4, -0.2) is 34.7 Å². The number of nitrogens with two attached hydrogens (primary N) is 1. The first-order valence-corrected chi connectivity index (χ1v) is 7.36. The molecule has 2 fully saturated rings. The van der Waals surface area contributed by atoms with Gasteiger partial charge < -0.3 is 20.9 Å². The van der Waals surface area contributed by atoms with Crippen molar-refractivity contribution in [3.05, 3.63) is 11.7 Å². The van der Waals surface area contributed by atoms with Gasteiger partial charge >= 0.3 is 0 Å². The minimum atomic E-state index is -0.251. The molecular formula is C13H21N5O2. The number of hydrogen-bond acceptors (Lipinski definition) is 6. The van der Waals surface area contributed by atoms with Crippen molar-refractivity contribution < 1.29 is 9.32 Å². The van der Waals surface area contributed by atoms with Gasteiger partial charge in [0.1, 0.15) is 0 Å². The normalized spacial score (nSPS) is 30.4. The molecule has 7 nitrogen and oxygen atoms in total. The predicted molar refractivity (Wildman–Crippen MR) is 72.0 cm³/mol. The van der Waals surface area contributed by atoms with Gasteiger partial charge in [0, 0.05) is 12.1 Å². The molecule has 7 heteroatoms. The van der Waals surface area contributed by atoms with Gasteiger partial charge in [0.25, 0.3) is 11.7 Å². The van der Waals surface area contributed by atoms with Gasteiger partial charge in [-0.05, 0) is 45.1 Å². The highest BCUT2D eigenvalue weighted by Gasteiger charge is 2.26. The second kappa shape index (κ2) is 5.88. The first-order chi connectivity index (χ1) is 9.72. The molecule has 1 aromatic heterocycles. The van der Waals surface area contributed by atoms with Crippen molar-refractivity contribution >= 4 is 5.91 Å². The van der Waals surface area contributed by atoms with Gasteiger partial charge in [0.2, 0.25) is 5.89 Å². The lowest BCUT2D eigenvalue weighted by atomic mass is 9.92. The van der Waals surface area contributed by atoms with Crippen molar-refractivity contribution in [2.75, 3.05) is 6.54 Å². The van der Waals surface area contributed by atoms with Gasteiger partial charge in [-0.2, -0.15) is 4.98 Å². The van der Waals surface area contributed by atoms with Crippen molar-refractivity contribution in [1.29, 1.82) is 0 Å². The van der Waals surface area contributed by atoms with E-state index in [1.807, 2.05) is 0 Å². The largest absolute Gasteiger partial charge is 0.346 e. The Morgan fingerprint density at radius 2 is 2.10 bits per heavy atom. The van der Waals surface area contributed by atoms with E-state index in [1.54, 1.807) is 0 Å². The van der Waals surface area contributed by atoms with E-state index in [1.165, 1.54) is 0 Å². The van der Waals surface area contributed by atoms with Gasteiger partial charge in [0.05, 0.1) is 6.04 Å². The monoisotopic (exact) mass is 279 g/mol. The lowest BCUT2D eigenvalue weighted by Crippen LogP contribution is -2.40. The maximum absolute atomic E-state index is 12.1. The number of carbonyl (C=O) groups is 1. The van der Waals surface area contributed by atoms with Gasteiger partial charge in [-0.3, -0.25) is 4.79 Å². The molecule has 3 rings (SSSR count). The third kappa shape index (κ3) is 2.99. The van der Waals surface area contributed by atoms with E-state index in [-0.39, 0.29) is 29.9 Å². The van der Waals surface area contributed by atoms with Crippen molar-refractivity contribution in [2.45, 2.75) is 56.7 Å². The van der Waals surface area contributed by atoms with Gasteiger partial charge in [-0.1, -0.05) is 5.16 Å². The molecular weight excluding hydrogens is 258 g/mol. The zero-order valence-corrected chi connectivity index (χ0v) is 11.5. The average Bonchev–Trinajstić information content (AvgIpc) is 3.11. The summed E-state index contributed by atoms with van der Waals surface area (Å²) in [5.41, 5.74) is 5.85. The number of carbonyl (C=O) groups excluding carboxylic acids is 1. The van der Waals surface area contributed by atoms with Gasteiger partial charge in [-0.15, -0.1) is 0 Å². The fourth-order valence-electron chi connectivity index (χ4n) is 2.88. The average molecular weight is 279 g/mol. The first-order valence-electron chi connectivity index (χ1n) is 7.36. The van der Waals surface area contributed by atoms with Crippen LogP contribution in [0.15, 0.2) is 4.52 Å². The number of aromatic nitrogens is 2. The molecule has 1 unspecified atom stereocenters. The van der Waals surface area contributed by atoms with E-state index in [2.05, 4.69) is 20.8 Å². The molecule has 0 bridgehead atoms. The zero-order valence-electron chi connectivity index (χ0n) is 11.5. The smallest absolute Gasteiger partial charge is 0.292 e. The second-order valence-corrected chi connectivity index (χ2v) is 5.69.